The van der Waals surface area contributed by atoms with Crippen LogP contribution >= 0.6 is 46.4 Å². The number of hydrogen-bond donors (Lipinski definition) is 0. The number of halogens is 4. The highest BCUT2D eigenvalue weighted by molar-refractivity contribution is 6.95. The second-order valence-corrected chi connectivity index (χ2v) is 21.5. The van der Waals surface area contributed by atoms with Gasteiger partial charge in [0, 0.05) is 0 Å². The lowest BCUT2D eigenvalue weighted by molar-refractivity contribution is 1.18. The molecule has 0 fully saturated rings. The van der Waals surface area contributed by atoms with Gasteiger partial charge in [0.15, 0.2) is 20.6 Å². The molecule has 4 aromatic rings. The Morgan fingerprint density at radius 1 is 0.474 bits per heavy atom. The van der Waals surface area contributed by atoms with Gasteiger partial charge in [0.05, 0.1) is 38.2 Å². The van der Waals surface area contributed by atoms with Crippen molar-refractivity contribution in [1.29, 1.82) is 0 Å². The van der Waals surface area contributed by atoms with Crippen molar-refractivity contribution < 1.29 is 0 Å². The first-order chi connectivity index (χ1) is 18.1. The SMILES string of the molecule is CC[Si](CC)(CC)c1ccc([Si](CC)(CC)CC)c2nc(Cl)c(Cl)nc12.Clc1nc2ccccc2nc1Cl. The van der Waals surface area contributed by atoms with Crippen LogP contribution in [0, 0.1) is 0 Å². The lowest BCUT2D eigenvalue weighted by atomic mass is 10.3. The molecule has 0 saturated heterocycles. The minimum absolute atomic E-state index is 0.246. The number of benzene rings is 2. The average Bonchev–Trinajstić information content (AvgIpc) is 2.93. The van der Waals surface area contributed by atoms with Crippen molar-refractivity contribution in [3.8, 4) is 0 Å². The summed E-state index contributed by atoms with van der Waals surface area (Å²) in [6.07, 6.45) is 0. The van der Waals surface area contributed by atoms with Crippen LogP contribution in [0.15, 0.2) is 36.4 Å². The predicted molar refractivity (Wildman–Crippen MR) is 173 cm³/mol. The molecule has 0 radical (unpaired) electrons. The molecule has 0 atom stereocenters. The maximum Gasteiger partial charge on any atom is 0.167 e. The van der Waals surface area contributed by atoms with Crippen LogP contribution in [0.25, 0.3) is 22.1 Å². The van der Waals surface area contributed by atoms with Gasteiger partial charge in [0.2, 0.25) is 0 Å². The third kappa shape index (κ3) is 6.06. The van der Waals surface area contributed by atoms with Crippen LogP contribution < -0.4 is 10.4 Å². The van der Waals surface area contributed by atoms with Crippen molar-refractivity contribution >= 4 is 95.0 Å². The molecule has 4 rings (SSSR count). The van der Waals surface area contributed by atoms with Crippen molar-refractivity contribution in [2.75, 3.05) is 0 Å². The first-order valence-corrected chi connectivity index (χ1v) is 20.2. The number of para-hydroxylation sites is 2. The third-order valence-electron chi connectivity index (χ3n) is 8.43. The highest BCUT2D eigenvalue weighted by atomic mass is 35.5. The summed E-state index contributed by atoms with van der Waals surface area (Å²) in [5.41, 5.74) is 3.57. The summed E-state index contributed by atoms with van der Waals surface area (Å²) in [4.78, 5) is 17.7. The van der Waals surface area contributed by atoms with Crippen molar-refractivity contribution in [3.63, 3.8) is 0 Å². The van der Waals surface area contributed by atoms with Gasteiger partial charge < -0.3 is 0 Å². The molecule has 0 aliphatic carbocycles. The molecular weight excluding hydrogens is 590 g/mol. The smallest absolute Gasteiger partial charge is 0.167 e. The summed E-state index contributed by atoms with van der Waals surface area (Å²) in [7, 11) is -3.20. The quantitative estimate of drug-likeness (QED) is 0.183. The van der Waals surface area contributed by atoms with Crippen LogP contribution in [0.4, 0.5) is 0 Å². The van der Waals surface area contributed by atoms with E-state index in [1.807, 2.05) is 24.3 Å². The third-order valence-corrected chi connectivity index (χ3v) is 20.9. The van der Waals surface area contributed by atoms with E-state index < -0.39 is 16.1 Å². The van der Waals surface area contributed by atoms with Crippen molar-refractivity contribution in [2.45, 2.75) is 77.8 Å². The van der Waals surface area contributed by atoms with Gasteiger partial charge in [-0.1, -0.05) is 148 Å². The minimum atomic E-state index is -1.60. The van der Waals surface area contributed by atoms with Gasteiger partial charge in [-0.2, -0.15) is 0 Å². The molecule has 2 heterocycles. The first kappa shape index (κ1) is 31.2. The Kier molecular flexibility index (Phi) is 11.0. The summed E-state index contributed by atoms with van der Waals surface area (Å²) in [5, 5.41) is 3.99. The molecule has 2 aromatic carbocycles. The Balaban J connectivity index is 0.000000275. The maximum atomic E-state index is 6.33. The highest BCUT2D eigenvalue weighted by Crippen LogP contribution is 2.29. The number of hydrogen-bond acceptors (Lipinski definition) is 4. The largest absolute Gasteiger partial charge is 0.231 e. The number of fused-ring (bicyclic) bond motifs is 2. The second kappa shape index (κ2) is 13.4. The summed E-state index contributed by atoms with van der Waals surface area (Å²) >= 11 is 24.0. The lowest BCUT2D eigenvalue weighted by Gasteiger charge is -2.33. The van der Waals surface area contributed by atoms with Gasteiger partial charge in [-0.25, -0.2) is 19.9 Å². The van der Waals surface area contributed by atoms with E-state index in [1.54, 1.807) is 0 Å². The van der Waals surface area contributed by atoms with Crippen LogP contribution in [0.1, 0.15) is 41.5 Å². The van der Waals surface area contributed by atoms with Crippen LogP contribution in [-0.4, -0.2) is 36.1 Å². The minimum Gasteiger partial charge on any atom is -0.231 e. The molecule has 204 valence electrons. The number of nitrogens with zero attached hydrogens (tertiary/aromatic N) is 4. The van der Waals surface area contributed by atoms with E-state index in [-0.39, 0.29) is 10.3 Å². The first-order valence-electron chi connectivity index (χ1n) is 13.4. The number of aromatic nitrogens is 4. The lowest BCUT2D eigenvalue weighted by Crippen LogP contribution is -2.50. The van der Waals surface area contributed by atoms with E-state index in [2.05, 4.69) is 63.6 Å². The molecule has 0 aliphatic rings. The Bertz CT molecular complexity index is 1290. The zero-order chi connectivity index (χ0) is 28.1. The average molecular weight is 627 g/mol. The highest BCUT2D eigenvalue weighted by Gasteiger charge is 2.36. The Labute approximate surface area is 248 Å². The molecular formula is C28H36Cl4N4Si2. The predicted octanol–water partition coefficient (Wildman–Crippen LogP) is 9.30. The van der Waals surface area contributed by atoms with Crippen molar-refractivity contribution in [1.82, 2.24) is 19.9 Å². The van der Waals surface area contributed by atoms with Crippen LogP contribution in [-0.2, 0) is 0 Å². The van der Waals surface area contributed by atoms with Gasteiger partial charge in [-0.15, -0.1) is 0 Å². The Hall–Kier alpha value is -1.29. The molecule has 0 aliphatic heterocycles. The molecule has 2 aromatic heterocycles. The number of rotatable bonds is 8. The molecule has 0 spiro atoms. The fourth-order valence-electron chi connectivity index (χ4n) is 5.55. The summed E-state index contributed by atoms with van der Waals surface area (Å²) in [5.74, 6) is 0. The molecule has 4 nitrogen and oxygen atoms in total. The van der Waals surface area contributed by atoms with Crippen LogP contribution in [0.3, 0.4) is 0 Å². The Morgan fingerprint density at radius 2 is 0.763 bits per heavy atom. The van der Waals surface area contributed by atoms with E-state index in [0.29, 0.717) is 10.3 Å². The van der Waals surface area contributed by atoms with Crippen molar-refractivity contribution in [3.05, 3.63) is 57.0 Å². The zero-order valence-corrected chi connectivity index (χ0v) is 28.0. The summed E-state index contributed by atoms with van der Waals surface area (Å²) in [6.45, 7) is 14.0. The molecule has 0 N–H and O–H groups in total. The Morgan fingerprint density at radius 3 is 1.05 bits per heavy atom. The maximum absolute atomic E-state index is 6.33. The standard InChI is InChI=1S/C20H32Cl2N2Si2.C8H4Cl2N2/c1-7-25(8-2,9-3)15-13-14-16(26(10-4,11-5)12-6)18-17(15)23-19(21)20(22)24-18;9-7-8(10)12-6-4-2-1-3-5(6)11-7/h13-14H,7-12H2,1-6H3;1-4H. The van der Waals surface area contributed by atoms with Crippen molar-refractivity contribution in [2.24, 2.45) is 0 Å². The molecule has 0 amide bonds. The van der Waals surface area contributed by atoms with E-state index in [0.717, 1.165) is 22.1 Å². The molecule has 0 bridgehead atoms. The van der Waals surface area contributed by atoms with Gasteiger partial charge >= 0.3 is 0 Å². The van der Waals surface area contributed by atoms with Gasteiger partial charge in [-0.05, 0) is 22.5 Å². The fraction of sp³-hybridized carbons (Fsp3) is 0.429. The molecule has 38 heavy (non-hydrogen) atoms. The van der Waals surface area contributed by atoms with Crippen LogP contribution in [0.2, 0.25) is 56.9 Å². The second-order valence-electron chi connectivity index (χ2n) is 9.64. The van der Waals surface area contributed by atoms with Gasteiger partial charge in [-0.3, -0.25) is 0 Å². The van der Waals surface area contributed by atoms with Gasteiger partial charge in [0.1, 0.15) is 0 Å². The van der Waals surface area contributed by atoms with E-state index in [9.17, 15) is 0 Å². The van der Waals surface area contributed by atoms with E-state index in [4.69, 9.17) is 56.4 Å². The monoisotopic (exact) mass is 624 g/mol. The molecule has 0 saturated carbocycles. The zero-order valence-electron chi connectivity index (χ0n) is 23.0. The topological polar surface area (TPSA) is 51.6 Å². The van der Waals surface area contributed by atoms with Gasteiger partial charge in [0.25, 0.3) is 0 Å². The normalized spacial score (nSPS) is 12.1. The summed E-state index contributed by atoms with van der Waals surface area (Å²) < 4.78 is 0. The molecule has 10 heteroatoms. The van der Waals surface area contributed by atoms with E-state index in [1.165, 1.54) is 46.6 Å². The van der Waals surface area contributed by atoms with Crippen LogP contribution in [0.5, 0.6) is 0 Å². The molecule has 0 unspecified atom stereocenters. The fourth-order valence-corrected chi connectivity index (χ4v) is 13.6. The van der Waals surface area contributed by atoms with E-state index >= 15 is 0 Å². The summed E-state index contributed by atoms with van der Waals surface area (Å²) in [6, 6.07) is 19.5.